The first kappa shape index (κ1) is 27.7. The lowest BCUT2D eigenvalue weighted by Crippen LogP contribution is -2.52. The first-order valence-corrected chi connectivity index (χ1v) is 12.0. The monoisotopic (exact) mass is 562 g/mol. The number of anilines is 2. The summed E-state index contributed by atoms with van der Waals surface area (Å²) in [5.74, 6) is -1.42. The molecule has 2 amide bonds. The molecule has 9 nitrogen and oxygen atoms in total. The maximum Gasteiger partial charge on any atom is 0.471 e. The van der Waals surface area contributed by atoms with Gasteiger partial charge in [-0.15, -0.1) is 0 Å². The fourth-order valence-electron chi connectivity index (χ4n) is 4.14. The molecule has 1 aliphatic rings. The number of alkyl halides is 3. The molecule has 0 atom stereocenters. The van der Waals surface area contributed by atoms with E-state index in [-0.39, 0.29) is 31.9 Å². The molecule has 13 heteroatoms. The number of carbonyl (C=O) groups is 2. The zero-order chi connectivity index (χ0) is 28.3. The Labute approximate surface area is 225 Å². The highest BCUT2D eigenvalue weighted by Gasteiger charge is 2.43. The number of hydrogen-bond donors (Lipinski definition) is 1. The SMILES string of the molecule is Cc1cc([N+](=O)[O-])ccc1-c1ccc(/C=C/C(=O)Nc2ccc(N3CCN(C(=O)C(F)(F)F)CC3)c(Cl)c2)o1. The Morgan fingerprint density at radius 2 is 1.79 bits per heavy atom. The van der Waals surface area contributed by atoms with Gasteiger partial charge in [-0.25, -0.2) is 0 Å². The van der Waals surface area contributed by atoms with E-state index in [2.05, 4.69) is 5.32 Å². The Hall–Kier alpha value is -4.32. The lowest BCUT2D eigenvalue weighted by atomic mass is 10.1. The predicted molar refractivity (Wildman–Crippen MR) is 139 cm³/mol. The maximum absolute atomic E-state index is 12.6. The third-order valence-corrected chi connectivity index (χ3v) is 6.38. The van der Waals surface area contributed by atoms with E-state index in [0.717, 1.165) is 4.90 Å². The van der Waals surface area contributed by atoms with Gasteiger partial charge in [0.05, 0.1) is 15.6 Å². The van der Waals surface area contributed by atoms with Crippen molar-refractivity contribution in [1.82, 2.24) is 4.90 Å². The van der Waals surface area contributed by atoms with Crippen LogP contribution >= 0.6 is 11.6 Å². The molecule has 0 saturated carbocycles. The van der Waals surface area contributed by atoms with E-state index in [1.807, 2.05) is 0 Å². The molecule has 1 fully saturated rings. The number of furan rings is 1. The van der Waals surface area contributed by atoms with Crippen molar-refractivity contribution in [3.05, 3.63) is 81.1 Å². The van der Waals surface area contributed by atoms with Crippen LogP contribution in [0, 0.1) is 17.0 Å². The summed E-state index contributed by atoms with van der Waals surface area (Å²) < 4.78 is 43.7. The van der Waals surface area contributed by atoms with Gasteiger partial charge in [-0.2, -0.15) is 13.2 Å². The number of halogens is 4. The number of rotatable bonds is 6. The molecular formula is C26H22ClF3N4O5. The standard InChI is InChI=1S/C26H22ClF3N4O5/c1-16-14-18(34(37)38)3-6-20(16)23-8-4-19(39-23)5-9-24(35)31-17-2-7-22(21(27)15-17)32-10-12-33(13-11-32)25(36)26(28,29)30/h2-9,14-15H,10-13H2,1H3,(H,31,35)/b9-5+. The lowest BCUT2D eigenvalue weighted by molar-refractivity contribution is -0.384. The van der Waals surface area contributed by atoms with E-state index in [0.29, 0.717) is 39.0 Å². The van der Waals surface area contributed by atoms with Crippen molar-refractivity contribution in [2.45, 2.75) is 13.1 Å². The topological polar surface area (TPSA) is 109 Å². The summed E-state index contributed by atoms with van der Waals surface area (Å²) in [5.41, 5.74) is 2.32. The summed E-state index contributed by atoms with van der Waals surface area (Å²) in [7, 11) is 0. The van der Waals surface area contributed by atoms with E-state index in [1.165, 1.54) is 30.4 Å². The molecule has 2 aromatic carbocycles. The van der Waals surface area contributed by atoms with Gasteiger partial charge in [0, 0.05) is 55.6 Å². The molecule has 1 aliphatic heterocycles. The lowest BCUT2D eigenvalue weighted by Gasteiger charge is -2.36. The Kier molecular flexibility index (Phi) is 7.95. The van der Waals surface area contributed by atoms with Crippen molar-refractivity contribution in [2.75, 3.05) is 36.4 Å². The van der Waals surface area contributed by atoms with Crippen molar-refractivity contribution >= 4 is 46.6 Å². The number of hydrogen-bond acceptors (Lipinski definition) is 6. The highest BCUT2D eigenvalue weighted by Crippen LogP contribution is 2.31. The molecule has 0 radical (unpaired) electrons. The molecule has 0 aliphatic carbocycles. The van der Waals surface area contributed by atoms with E-state index in [4.69, 9.17) is 16.0 Å². The molecule has 204 valence electrons. The van der Waals surface area contributed by atoms with Crippen molar-refractivity contribution in [3.8, 4) is 11.3 Å². The fraction of sp³-hybridized carbons (Fsp3) is 0.231. The Bertz CT molecular complexity index is 1450. The van der Waals surface area contributed by atoms with Crippen LogP contribution in [0.2, 0.25) is 5.02 Å². The van der Waals surface area contributed by atoms with E-state index in [9.17, 15) is 32.9 Å². The largest absolute Gasteiger partial charge is 0.471 e. The van der Waals surface area contributed by atoms with Crippen LogP contribution in [-0.2, 0) is 9.59 Å². The summed E-state index contributed by atoms with van der Waals surface area (Å²) in [4.78, 5) is 36.8. The molecule has 1 saturated heterocycles. The van der Waals surface area contributed by atoms with Crippen LogP contribution in [0.3, 0.4) is 0 Å². The van der Waals surface area contributed by atoms with Gasteiger partial charge in [-0.05, 0) is 55.0 Å². The first-order valence-electron chi connectivity index (χ1n) is 11.7. The molecule has 0 spiro atoms. The normalized spacial score (nSPS) is 14.1. The van der Waals surface area contributed by atoms with Crippen LogP contribution in [-0.4, -0.2) is 54.0 Å². The van der Waals surface area contributed by atoms with Crippen LogP contribution in [0.15, 0.2) is 59.0 Å². The second-order valence-electron chi connectivity index (χ2n) is 8.72. The second kappa shape index (κ2) is 11.2. The van der Waals surface area contributed by atoms with Gasteiger partial charge in [0.25, 0.3) is 5.69 Å². The minimum atomic E-state index is -4.90. The van der Waals surface area contributed by atoms with Gasteiger partial charge in [0.2, 0.25) is 5.91 Å². The zero-order valence-corrected chi connectivity index (χ0v) is 21.3. The maximum atomic E-state index is 12.6. The van der Waals surface area contributed by atoms with Crippen LogP contribution in [0.5, 0.6) is 0 Å². The number of nitro benzene ring substituents is 1. The summed E-state index contributed by atoms with van der Waals surface area (Å²) in [6.45, 7) is 1.92. The van der Waals surface area contributed by atoms with Crippen molar-refractivity contribution in [1.29, 1.82) is 0 Å². The van der Waals surface area contributed by atoms with Crippen molar-refractivity contribution < 1.29 is 32.1 Å². The summed E-state index contributed by atoms with van der Waals surface area (Å²) in [6.07, 6.45) is -2.17. The van der Waals surface area contributed by atoms with E-state index >= 15 is 0 Å². The molecule has 39 heavy (non-hydrogen) atoms. The van der Waals surface area contributed by atoms with Crippen LogP contribution in [0.1, 0.15) is 11.3 Å². The highest BCUT2D eigenvalue weighted by atomic mass is 35.5. The first-order chi connectivity index (χ1) is 18.4. The number of non-ortho nitro benzene ring substituents is 1. The molecule has 1 aromatic heterocycles. The average molecular weight is 563 g/mol. The van der Waals surface area contributed by atoms with Crippen molar-refractivity contribution in [2.24, 2.45) is 0 Å². The second-order valence-corrected chi connectivity index (χ2v) is 9.13. The molecule has 3 aromatic rings. The summed E-state index contributed by atoms with van der Waals surface area (Å²) in [6, 6.07) is 12.6. The van der Waals surface area contributed by atoms with Crippen molar-refractivity contribution in [3.63, 3.8) is 0 Å². The Morgan fingerprint density at radius 3 is 2.41 bits per heavy atom. The third kappa shape index (κ3) is 6.58. The molecule has 4 rings (SSSR count). The number of nitrogens with one attached hydrogen (secondary N) is 1. The number of piperazine rings is 1. The van der Waals surface area contributed by atoms with Gasteiger partial charge in [0.1, 0.15) is 11.5 Å². The van der Waals surface area contributed by atoms with Crippen LogP contribution in [0.25, 0.3) is 17.4 Å². The molecular weight excluding hydrogens is 541 g/mol. The number of amides is 2. The van der Waals surface area contributed by atoms with Crippen LogP contribution < -0.4 is 10.2 Å². The van der Waals surface area contributed by atoms with E-state index < -0.39 is 22.9 Å². The van der Waals surface area contributed by atoms with Gasteiger partial charge in [-0.3, -0.25) is 19.7 Å². The Balaban J connectivity index is 1.35. The number of benzene rings is 2. The average Bonchev–Trinajstić information content (AvgIpc) is 3.35. The molecule has 1 N–H and O–H groups in total. The summed E-state index contributed by atoms with van der Waals surface area (Å²) in [5, 5.41) is 13.9. The van der Waals surface area contributed by atoms with E-state index in [1.54, 1.807) is 42.2 Å². The minimum absolute atomic E-state index is 0.0206. The number of aryl methyl sites for hydroxylation is 1. The van der Waals surface area contributed by atoms with Crippen LogP contribution in [0.4, 0.5) is 30.2 Å². The number of nitrogens with zero attached hydrogens (tertiary/aromatic N) is 3. The van der Waals surface area contributed by atoms with Gasteiger partial charge >= 0.3 is 12.1 Å². The third-order valence-electron chi connectivity index (χ3n) is 6.08. The van der Waals surface area contributed by atoms with Gasteiger partial charge < -0.3 is 19.5 Å². The van der Waals surface area contributed by atoms with Gasteiger partial charge in [0.15, 0.2) is 0 Å². The Morgan fingerprint density at radius 1 is 1.08 bits per heavy atom. The molecule has 2 heterocycles. The molecule has 0 unspecified atom stereocenters. The quantitative estimate of drug-likeness (QED) is 0.235. The number of carbonyl (C=O) groups excluding carboxylic acids is 2. The van der Waals surface area contributed by atoms with Gasteiger partial charge in [-0.1, -0.05) is 11.6 Å². The molecule has 0 bridgehead atoms. The smallest absolute Gasteiger partial charge is 0.457 e. The number of nitro groups is 1. The minimum Gasteiger partial charge on any atom is -0.457 e. The fourth-order valence-corrected chi connectivity index (χ4v) is 4.44. The highest BCUT2D eigenvalue weighted by molar-refractivity contribution is 6.33. The predicted octanol–water partition coefficient (Wildman–Crippen LogP) is 5.68. The summed E-state index contributed by atoms with van der Waals surface area (Å²) >= 11 is 6.37. The zero-order valence-electron chi connectivity index (χ0n) is 20.5.